The van der Waals surface area contributed by atoms with Gasteiger partial charge in [0.15, 0.2) is 0 Å². The average Bonchev–Trinajstić information content (AvgIpc) is 2.22. The highest BCUT2D eigenvalue weighted by Gasteiger charge is 2.16. The van der Waals surface area contributed by atoms with Crippen LogP contribution in [-0.2, 0) is 0 Å². The molecule has 48 valence electrons. The summed E-state index contributed by atoms with van der Waals surface area (Å²) in [6, 6.07) is 0. The summed E-state index contributed by atoms with van der Waals surface area (Å²) in [4.78, 5) is 0. The first-order valence-electron chi connectivity index (χ1n) is 3.17. The molecule has 2 rings (SSSR count). The molecule has 0 radical (unpaired) electrons. The first kappa shape index (κ1) is 5.21. The number of allylic oxidation sites excluding steroid dienone is 2. The van der Waals surface area contributed by atoms with Crippen molar-refractivity contribution in [2.75, 3.05) is 13.1 Å². The molecular weight excluding hydrogens is 114 g/mol. The van der Waals surface area contributed by atoms with Crippen LogP contribution in [0.1, 0.15) is 6.42 Å². The summed E-state index contributed by atoms with van der Waals surface area (Å²) in [5.41, 5.74) is 2.51. The van der Waals surface area contributed by atoms with Crippen LogP contribution in [0.25, 0.3) is 0 Å². The second kappa shape index (κ2) is 1.69. The van der Waals surface area contributed by atoms with Gasteiger partial charge < -0.3 is 10.3 Å². The molecule has 9 heavy (non-hydrogen) atoms. The molecule has 0 bridgehead atoms. The number of rotatable bonds is 0. The third-order valence-corrected chi connectivity index (χ3v) is 1.83. The molecule has 0 N–H and O–H groups in total. The van der Waals surface area contributed by atoms with Gasteiger partial charge in [-0.2, -0.15) is 0 Å². The van der Waals surface area contributed by atoms with Crippen LogP contribution in [-0.4, -0.2) is 18.2 Å². The molecule has 0 aromatic carbocycles. The van der Waals surface area contributed by atoms with E-state index in [0.717, 1.165) is 11.5 Å². The van der Waals surface area contributed by atoms with E-state index in [2.05, 4.69) is 12.2 Å². The number of hydroxylamine groups is 2. The Morgan fingerprint density at radius 1 is 1.22 bits per heavy atom. The zero-order valence-corrected chi connectivity index (χ0v) is 5.13. The first-order chi connectivity index (χ1) is 4.36. The molecule has 0 atom stereocenters. The van der Waals surface area contributed by atoms with E-state index in [1.165, 1.54) is 11.1 Å². The maximum atomic E-state index is 10.7. The Morgan fingerprint density at radius 3 is 2.33 bits per heavy atom. The predicted molar refractivity (Wildman–Crippen MR) is 35.7 cm³/mol. The van der Waals surface area contributed by atoms with E-state index >= 15 is 0 Å². The van der Waals surface area contributed by atoms with E-state index in [9.17, 15) is 5.21 Å². The summed E-state index contributed by atoms with van der Waals surface area (Å²) < 4.78 is 0. The molecule has 1 aliphatic heterocycles. The Kier molecular flexibility index (Phi) is 0.976. The SMILES string of the molecule is [O-]N1CC2=CCC=C2C1. The van der Waals surface area contributed by atoms with E-state index in [1.807, 2.05) is 0 Å². The summed E-state index contributed by atoms with van der Waals surface area (Å²) in [5, 5.41) is 11.8. The van der Waals surface area contributed by atoms with Crippen molar-refractivity contribution < 1.29 is 0 Å². The van der Waals surface area contributed by atoms with Crippen molar-refractivity contribution in [2.45, 2.75) is 6.42 Å². The zero-order chi connectivity index (χ0) is 6.27. The molecule has 0 aromatic heterocycles. The normalized spacial score (nSPS) is 25.9. The van der Waals surface area contributed by atoms with E-state index in [4.69, 9.17) is 0 Å². The molecule has 0 spiro atoms. The van der Waals surface area contributed by atoms with Gasteiger partial charge in [0.1, 0.15) is 0 Å². The molecule has 0 aromatic rings. The van der Waals surface area contributed by atoms with Gasteiger partial charge in [0, 0.05) is 13.1 Å². The molecule has 2 heteroatoms. The van der Waals surface area contributed by atoms with Crippen molar-refractivity contribution in [2.24, 2.45) is 0 Å². The largest absolute Gasteiger partial charge is 0.785 e. The fourth-order valence-electron chi connectivity index (χ4n) is 1.37. The summed E-state index contributed by atoms with van der Waals surface area (Å²) in [6.07, 6.45) is 5.30. The molecule has 1 saturated heterocycles. The number of hydrogen-bond donors (Lipinski definition) is 0. The third kappa shape index (κ3) is 0.713. The Balaban J connectivity index is 2.28. The molecular formula is C7H8NO-. The molecule has 1 fully saturated rings. The van der Waals surface area contributed by atoms with E-state index < -0.39 is 0 Å². The monoisotopic (exact) mass is 122 g/mol. The molecule has 2 aliphatic rings. The van der Waals surface area contributed by atoms with Gasteiger partial charge in [-0.25, -0.2) is 0 Å². The number of fused-ring (bicyclic) bond motifs is 1. The Bertz CT molecular complexity index is 173. The minimum absolute atomic E-state index is 0.617. The lowest BCUT2D eigenvalue weighted by atomic mass is 10.2. The Labute approximate surface area is 54.0 Å². The van der Waals surface area contributed by atoms with Gasteiger partial charge >= 0.3 is 0 Å². The molecule has 2 nitrogen and oxygen atoms in total. The highest BCUT2D eigenvalue weighted by Crippen LogP contribution is 2.26. The van der Waals surface area contributed by atoms with Gasteiger partial charge in [0.25, 0.3) is 0 Å². The molecule has 1 aliphatic carbocycles. The highest BCUT2D eigenvalue weighted by atomic mass is 16.5. The quantitative estimate of drug-likeness (QED) is 0.480. The van der Waals surface area contributed by atoms with Crippen molar-refractivity contribution in [3.05, 3.63) is 28.5 Å². The predicted octanol–water partition coefficient (Wildman–Crippen LogP) is 1.06. The van der Waals surface area contributed by atoms with Crippen molar-refractivity contribution in [3.8, 4) is 0 Å². The average molecular weight is 122 g/mol. The van der Waals surface area contributed by atoms with Crippen LogP contribution in [0.2, 0.25) is 0 Å². The second-order valence-corrected chi connectivity index (χ2v) is 2.49. The fourth-order valence-corrected chi connectivity index (χ4v) is 1.37. The summed E-state index contributed by atoms with van der Waals surface area (Å²) in [7, 11) is 0. The standard InChI is InChI=1S/C7H8NO/c9-8-4-6-2-1-3-7(6)5-8/h2-3H,1,4-5H2/q-1. The minimum atomic E-state index is 0.617. The van der Waals surface area contributed by atoms with Crippen LogP contribution in [0, 0.1) is 5.21 Å². The van der Waals surface area contributed by atoms with Gasteiger partial charge in [0.05, 0.1) is 0 Å². The van der Waals surface area contributed by atoms with Crippen LogP contribution in [0.15, 0.2) is 23.3 Å². The van der Waals surface area contributed by atoms with Gasteiger partial charge in [0.2, 0.25) is 0 Å². The fraction of sp³-hybridized carbons (Fsp3) is 0.429. The molecule has 0 amide bonds. The highest BCUT2D eigenvalue weighted by molar-refractivity contribution is 5.42. The van der Waals surface area contributed by atoms with Crippen LogP contribution in [0.4, 0.5) is 0 Å². The topological polar surface area (TPSA) is 26.3 Å². The summed E-state index contributed by atoms with van der Waals surface area (Å²) >= 11 is 0. The van der Waals surface area contributed by atoms with Gasteiger partial charge in [-0.1, -0.05) is 12.2 Å². The summed E-state index contributed by atoms with van der Waals surface area (Å²) in [5.74, 6) is 0. The molecule has 1 heterocycles. The van der Waals surface area contributed by atoms with E-state index in [0.29, 0.717) is 13.1 Å². The zero-order valence-electron chi connectivity index (χ0n) is 5.13. The van der Waals surface area contributed by atoms with Crippen LogP contribution < -0.4 is 0 Å². The van der Waals surface area contributed by atoms with Crippen LogP contribution in [0.3, 0.4) is 0 Å². The lowest BCUT2D eigenvalue weighted by Gasteiger charge is -2.18. The number of hydrogen-bond acceptors (Lipinski definition) is 2. The molecule has 0 saturated carbocycles. The minimum Gasteiger partial charge on any atom is -0.785 e. The van der Waals surface area contributed by atoms with Gasteiger partial charge in [-0.05, 0) is 17.6 Å². The van der Waals surface area contributed by atoms with Crippen molar-refractivity contribution >= 4 is 0 Å². The number of nitrogens with zero attached hydrogens (tertiary/aromatic N) is 1. The second-order valence-electron chi connectivity index (χ2n) is 2.49. The van der Waals surface area contributed by atoms with Gasteiger partial charge in [-0.3, -0.25) is 0 Å². The Hall–Kier alpha value is -0.600. The van der Waals surface area contributed by atoms with E-state index in [1.54, 1.807) is 0 Å². The maximum Gasteiger partial charge on any atom is 0.0116 e. The van der Waals surface area contributed by atoms with Crippen LogP contribution >= 0.6 is 0 Å². The van der Waals surface area contributed by atoms with Crippen molar-refractivity contribution in [1.82, 2.24) is 5.06 Å². The first-order valence-corrected chi connectivity index (χ1v) is 3.17. The summed E-state index contributed by atoms with van der Waals surface area (Å²) in [6.45, 7) is 1.23. The van der Waals surface area contributed by atoms with Crippen LogP contribution in [0.5, 0.6) is 0 Å². The van der Waals surface area contributed by atoms with Gasteiger partial charge in [-0.15, -0.1) is 0 Å². The lowest BCUT2D eigenvalue weighted by molar-refractivity contribution is 0.491. The maximum absolute atomic E-state index is 10.7. The molecule has 0 unspecified atom stereocenters. The lowest BCUT2D eigenvalue weighted by Crippen LogP contribution is -2.09. The van der Waals surface area contributed by atoms with Crippen molar-refractivity contribution in [1.29, 1.82) is 0 Å². The van der Waals surface area contributed by atoms with E-state index in [-0.39, 0.29) is 0 Å². The smallest absolute Gasteiger partial charge is 0.0116 e. The Morgan fingerprint density at radius 2 is 1.78 bits per heavy atom. The third-order valence-electron chi connectivity index (χ3n) is 1.83. The van der Waals surface area contributed by atoms with Crippen molar-refractivity contribution in [3.63, 3.8) is 0 Å².